The van der Waals surface area contributed by atoms with E-state index in [0.29, 0.717) is 30.5 Å². The monoisotopic (exact) mass is 387 g/mol. The second-order valence-corrected chi connectivity index (χ2v) is 6.90. The molecule has 0 aromatic heterocycles. The van der Waals surface area contributed by atoms with E-state index in [-0.39, 0.29) is 12.4 Å². The second kappa shape index (κ2) is 10.1. The number of benzene rings is 1. The van der Waals surface area contributed by atoms with Gasteiger partial charge in [-0.25, -0.2) is 4.79 Å². The van der Waals surface area contributed by atoms with Gasteiger partial charge in [-0.1, -0.05) is 38.5 Å². The molecule has 6 heteroatoms. The molecular formula is C22H29NO5. The molecule has 6 nitrogen and oxygen atoms in total. The van der Waals surface area contributed by atoms with E-state index in [9.17, 15) is 14.7 Å². The SMILES string of the molecule is CCN(CC)CC#CCOC(=O)C1(c2cc(C(=O)OC)ccc2O)CCCC1. The van der Waals surface area contributed by atoms with Crippen LogP contribution in [0.5, 0.6) is 5.75 Å². The molecule has 28 heavy (non-hydrogen) atoms. The highest BCUT2D eigenvalue weighted by molar-refractivity contribution is 5.91. The van der Waals surface area contributed by atoms with E-state index in [0.717, 1.165) is 25.9 Å². The van der Waals surface area contributed by atoms with Crippen LogP contribution in [0.25, 0.3) is 0 Å². The van der Waals surface area contributed by atoms with Crippen LogP contribution in [0.15, 0.2) is 18.2 Å². The lowest BCUT2D eigenvalue weighted by atomic mass is 9.77. The Bertz CT molecular complexity index is 752. The van der Waals surface area contributed by atoms with Crippen LogP contribution in [0.1, 0.15) is 55.5 Å². The van der Waals surface area contributed by atoms with Crippen molar-refractivity contribution < 1.29 is 24.2 Å². The van der Waals surface area contributed by atoms with Crippen LogP contribution in [-0.2, 0) is 19.7 Å². The molecule has 1 aromatic carbocycles. The maximum atomic E-state index is 13.0. The van der Waals surface area contributed by atoms with Crippen LogP contribution in [-0.4, -0.2) is 55.3 Å². The van der Waals surface area contributed by atoms with Crippen LogP contribution < -0.4 is 0 Å². The van der Waals surface area contributed by atoms with E-state index in [4.69, 9.17) is 9.47 Å². The molecule has 0 amide bonds. The molecule has 1 aromatic rings. The zero-order valence-corrected chi connectivity index (χ0v) is 16.9. The van der Waals surface area contributed by atoms with Gasteiger partial charge in [0.15, 0.2) is 6.61 Å². The Kier molecular flexibility index (Phi) is 7.89. The van der Waals surface area contributed by atoms with E-state index in [1.165, 1.54) is 19.2 Å². The summed E-state index contributed by atoms with van der Waals surface area (Å²) in [5, 5.41) is 10.4. The van der Waals surface area contributed by atoms with Crippen molar-refractivity contribution >= 4 is 11.9 Å². The Labute approximate surface area is 166 Å². The van der Waals surface area contributed by atoms with Gasteiger partial charge < -0.3 is 14.6 Å². The van der Waals surface area contributed by atoms with Gasteiger partial charge in [-0.3, -0.25) is 9.69 Å². The first-order valence-electron chi connectivity index (χ1n) is 9.75. The van der Waals surface area contributed by atoms with Gasteiger partial charge in [0, 0.05) is 5.56 Å². The smallest absolute Gasteiger partial charge is 0.337 e. The molecule has 0 bridgehead atoms. The minimum Gasteiger partial charge on any atom is -0.508 e. The van der Waals surface area contributed by atoms with Crippen molar-refractivity contribution in [3.8, 4) is 17.6 Å². The van der Waals surface area contributed by atoms with Crippen LogP contribution in [0.3, 0.4) is 0 Å². The normalized spacial score (nSPS) is 15.0. The highest BCUT2D eigenvalue weighted by atomic mass is 16.5. The Morgan fingerprint density at radius 2 is 1.86 bits per heavy atom. The minimum atomic E-state index is -0.950. The van der Waals surface area contributed by atoms with Gasteiger partial charge in [-0.05, 0) is 44.1 Å². The summed E-state index contributed by atoms with van der Waals surface area (Å²) in [7, 11) is 1.30. The molecule has 2 rings (SSSR count). The molecule has 1 aliphatic carbocycles. The third-order valence-electron chi connectivity index (χ3n) is 5.38. The molecule has 1 N–H and O–H groups in total. The number of rotatable bonds is 7. The molecule has 1 aliphatic rings. The number of hydrogen-bond acceptors (Lipinski definition) is 6. The lowest BCUT2D eigenvalue weighted by Crippen LogP contribution is -2.35. The number of esters is 2. The average Bonchev–Trinajstić information content (AvgIpc) is 3.21. The number of methoxy groups -OCH3 is 1. The van der Waals surface area contributed by atoms with E-state index < -0.39 is 17.4 Å². The lowest BCUT2D eigenvalue weighted by molar-refractivity contribution is -0.149. The zero-order valence-electron chi connectivity index (χ0n) is 16.9. The van der Waals surface area contributed by atoms with Crippen LogP contribution in [0.4, 0.5) is 0 Å². The van der Waals surface area contributed by atoms with Crippen molar-refractivity contribution in [1.82, 2.24) is 4.90 Å². The molecule has 0 aliphatic heterocycles. The third-order valence-corrected chi connectivity index (χ3v) is 5.38. The largest absolute Gasteiger partial charge is 0.508 e. The molecule has 0 spiro atoms. The molecule has 1 fully saturated rings. The second-order valence-electron chi connectivity index (χ2n) is 6.90. The van der Waals surface area contributed by atoms with Crippen molar-refractivity contribution in [3.05, 3.63) is 29.3 Å². The Morgan fingerprint density at radius 3 is 2.46 bits per heavy atom. The summed E-state index contributed by atoms with van der Waals surface area (Å²) in [4.78, 5) is 27.0. The minimum absolute atomic E-state index is 0.0132. The first kappa shape index (κ1) is 21.8. The number of phenols is 1. The fraction of sp³-hybridized carbons (Fsp3) is 0.545. The fourth-order valence-electron chi connectivity index (χ4n) is 3.63. The van der Waals surface area contributed by atoms with Crippen LogP contribution >= 0.6 is 0 Å². The van der Waals surface area contributed by atoms with E-state index >= 15 is 0 Å². The zero-order chi connectivity index (χ0) is 20.6. The van der Waals surface area contributed by atoms with Gasteiger partial charge in [-0.15, -0.1) is 0 Å². The summed E-state index contributed by atoms with van der Waals surface area (Å²) in [6.45, 7) is 6.64. The molecule has 0 radical (unpaired) electrons. The van der Waals surface area contributed by atoms with Gasteiger partial charge in [0.2, 0.25) is 0 Å². The summed E-state index contributed by atoms with van der Waals surface area (Å²) in [6, 6.07) is 4.45. The first-order chi connectivity index (χ1) is 13.5. The van der Waals surface area contributed by atoms with Gasteiger partial charge in [0.1, 0.15) is 5.75 Å². The van der Waals surface area contributed by atoms with Crippen molar-refractivity contribution in [3.63, 3.8) is 0 Å². The first-order valence-corrected chi connectivity index (χ1v) is 9.75. The molecule has 0 saturated heterocycles. The van der Waals surface area contributed by atoms with Crippen molar-refractivity contribution in [1.29, 1.82) is 0 Å². The fourth-order valence-corrected chi connectivity index (χ4v) is 3.63. The molecule has 1 saturated carbocycles. The number of aromatic hydroxyl groups is 1. The maximum absolute atomic E-state index is 13.0. The van der Waals surface area contributed by atoms with E-state index in [1.54, 1.807) is 6.07 Å². The number of hydrogen-bond donors (Lipinski definition) is 1. The quantitative estimate of drug-likeness (QED) is 0.573. The molecule has 0 unspecified atom stereocenters. The third kappa shape index (κ3) is 4.85. The summed E-state index contributed by atoms with van der Waals surface area (Å²) in [5.74, 6) is 4.98. The predicted octanol–water partition coefficient (Wildman–Crippen LogP) is 2.88. The number of phenolic OH excluding ortho intramolecular Hbond substituents is 1. The van der Waals surface area contributed by atoms with Crippen LogP contribution in [0, 0.1) is 11.8 Å². The number of nitrogens with zero attached hydrogens (tertiary/aromatic N) is 1. The van der Waals surface area contributed by atoms with E-state index in [2.05, 4.69) is 30.6 Å². The van der Waals surface area contributed by atoms with Gasteiger partial charge in [0.25, 0.3) is 0 Å². The van der Waals surface area contributed by atoms with Crippen LogP contribution in [0.2, 0.25) is 0 Å². The maximum Gasteiger partial charge on any atom is 0.337 e. The van der Waals surface area contributed by atoms with Gasteiger partial charge in [0.05, 0.1) is 24.6 Å². The van der Waals surface area contributed by atoms with Gasteiger partial charge >= 0.3 is 11.9 Å². The predicted molar refractivity (Wildman–Crippen MR) is 106 cm³/mol. The standard InChI is InChI=1S/C22H29NO5/c1-4-23(5-2)14-8-9-15-28-21(26)22(12-6-7-13-22)18-16-17(20(25)27-3)10-11-19(18)24/h10-11,16,24H,4-7,12-15H2,1-3H3. The highest BCUT2D eigenvalue weighted by Crippen LogP contribution is 2.45. The Morgan fingerprint density at radius 1 is 1.18 bits per heavy atom. The number of ether oxygens (including phenoxy) is 2. The van der Waals surface area contributed by atoms with Crippen molar-refractivity contribution in [2.24, 2.45) is 0 Å². The molecule has 0 atom stereocenters. The molecular weight excluding hydrogens is 358 g/mol. The topological polar surface area (TPSA) is 76.1 Å². The summed E-state index contributed by atoms with van der Waals surface area (Å²) < 4.78 is 10.2. The number of carbonyl (C=O) groups excluding carboxylic acids is 2. The van der Waals surface area contributed by atoms with Gasteiger partial charge in [-0.2, -0.15) is 0 Å². The van der Waals surface area contributed by atoms with Crippen molar-refractivity contribution in [2.45, 2.75) is 44.9 Å². The lowest BCUT2D eigenvalue weighted by Gasteiger charge is -2.27. The van der Waals surface area contributed by atoms with Crippen molar-refractivity contribution in [2.75, 3.05) is 33.4 Å². The summed E-state index contributed by atoms with van der Waals surface area (Å²) >= 11 is 0. The highest BCUT2D eigenvalue weighted by Gasteiger charge is 2.46. The summed E-state index contributed by atoms with van der Waals surface area (Å²) in [5.41, 5.74) is -0.225. The number of carbonyl (C=O) groups is 2. The molecule has 0 heterocycles. The average molecular weight is 387 g/mol. The molecule has 152 valence electrons. The Hall–Kier alpha value is -2.52. The van der Waals surface area contributed by atoms with E-state index in [1.807, 2.05) is 0 Å². The Balaban J connectivity index is 2.17. The summed E-state index contributed by atoms with van der Waals surface area (Å²) in [6.07, 6.45) is 2.84.